The van der Waals surface area contributed by atoms with Gasteiger partial charge in [-0.15, -0.1) is 0 Å². The van der Waals surface area contributed by atoms with E-state index in [4.69, 9.17) is 0 Å². The molecule has 0 unspecified atom stereocenters. The van der Waals surface area contributed by atoms with Gasteiger partial charge in [-0.1, -0.05) is 19.1 Å². The van der Waals surface area contributed by atoms with Crippen LogP contribution < -0.4 is 5.32 Å². The maximum Gasteiger partial charge on any atom is 0.320 e. The van der Waals surface area contributed by atoms with Crippen molar-refractivity contribution >= 4 is 17.3 Å². The van der Waals surface area contributed by atoms with Gasteiger partial charge in [0.1, 0.15) is 6.20 Å². The number of amides is 1. The molecule has 2 rings (SSSR count). The zero-order chi connectivity index (χ0) is 14.7. The summed E-state index contributed by atoms with van der Waals surface area (Å²) in [4.78, 5) is 22.3. The van der Waals surface area contributed by atoms with Gasteiger partial charge in [0, 0.05) is 12.7 Å². The summed E-state index contributed by atoms with van der Waals surface area (Å²) >= 11 is 0. The highest BCUT2D eigenvalue weighted by Crippen LogP contribution is 2.19. The molecule has 1 aromatic carbocycles. The Morgan fingerprint density at radius 3 is 2.60 bits per heavy atom. The lowest BCUT2D eigenvalue weighted by Gasteiger charge is -2.06. The molecule has 0 aliphatic heterocycles. The molecule has 7 heteroatoms. The molecule has 0 fully saturated rings. The maximum absolute atomic E-state index is 12.1. The van der Waals surface area contributed by atoms with E-state index in [0.29, 0.717) is 5.69 Å². The van der Waals surface area contributed by atoms with E-state index in [0.717, 1.165) is 18.2 Å². The van der Waals surface area contributed by atoms with Crippen LogP contribution in [0.15, 0.2) is 30.5 Å². The minimum Gasteiger partial charge on any atom is -0.320 e. The first-order valence-corrected chi connectivity index (χ1v) is 6.09. The summed E-state index contributed by atoms with van der Waals surface area (Å²) in [5, 5.41) is 17.2. The number of carbonyl (C=O) groups excluding carboxylic acids is 1. The third-order valence-electron chi connectivity index (χ3n) is 2.95. The first-order chi connectivity index (χ1) is 9.52. The Balaban J connectivity index is 2.23. The minimum atomic E-state index is -0.623. The van der Waals surface area contributed by atoms with Crippen LogP contribution in [0.3, 0.4) is 0 Å². The van der Waals surface area contributed by atoms with Gasteiger partial charge in [-0.3, -0.25) is 19.6 Å². The van der Waals surface area contributed by atoms with Gasteiger partial charge in [-0.25, -0.2) is 0 Å². The predicted molar refractivity (Wildman–Crippen MR) is 73.6 cm³/mol. The van der Waals surface area contributed by atoms with Crippen molar-refractivity contribution in [2.24, 2.45) is 7.05 Å². The van der Waals surface area contributed by atoms with Gasteiger partial charge in [0.25, 0.3) is 5.91 Å². The number of nitrogens with one attached hydrogen (secondary N) is 1. The number of benzene rings is 1. The fourth-order valence-corrected chi connectivity index (χ4v) is 1.84. The van der Waals surface area contributed by atoms with Crippen LogP contribution in [-0.2, 0) is 13.5 Å². The van der Waals surface area contributed by atoms with Gasteiger partial charge >= 0.3 is 5.69 Å². The van der Waals surface area contributed by atoms with Gasteiger partial charge in [-0.2, -0.15) is 5.10 Å². The fourth-order valence-electron chi connectivity index (χ4n) is 1.84. The zero-order valence-corrected chi connectivity index (χ0v) is 11.2. The molecule has 0 atom stereocenters. The molecule has 0 aliphatic carbocycles. The Kier molecular flexibility index (Phi) is 3.79. The molecule has 0 aliphatic rings. The van der Waals surface area contributed by atoms with Crippen LogP contribution in [0.5, 0.6) is 0 Å². The summed E-state index contributed by atoms with van der Waals surface area (Å²) in [7, 11) is 1.49. The molecule has 1 aromatic heterocycles. The Labute approximate surface area is 115 Å². The van der Waals surface area contributed by atoms with Crippen molar-refractivity contribution in [2.45, 2.75) is 13.3 Å². The Bertz CT molecular complexity index is 646. The number of hydrogen-bond donors (Lipinski definition) is 1. The molecule has 1 N–H and O–H groups in total. The molecule has 1 amide bonds. The molecular weight excluding hydrogens is 260 g/mol. The van der Waals surface area contributed by atoms with Crippen LogP contribution in [0.1, 0.15) is 23.0 Å². The van der Waals surface area contributed by atoms with Crippen LogP contribution in [0.4, 0.5) is 11.4 Å². The zero-order valence-electron chi connectivity index (χ0n) is 11.2. The van der Waals surface area contributed by atoms with Crippen molar-refractivity contribution in [1.82, 2.24) is 9.78 Å². The quantitative estimate of drug-likeness (QED) is 0.683. The number of aryl methyl sites for hydroxylation is 2. The van der Waals surface area contributed by atoms with Gasteiger partial charge < -0.3 is 5.32 Å². The molecule has 7 nitrogen and oxygen atoms in total. The predicted octanol–water partition coefficient (Wildman–Crippen LogP) is 2.14. The summed E-state index contributed by atoms with van der Waals surface area (Å²) in [5.41, 5.74) is 1.35. The van der Waals surface area contributed by atoms with Crippen LogP contribution in [0.2, 0.25) is 0 Å². The summed E-state index contributed by atoms with van der Waals surface area (Å²) in [5.74, 6) is -0.555. The molecule has 2 aromatic rings. The SMILES string of the molecule is CCc1ccc(NC(=O)c2c([N+](=O)[O-])cnn2C)cc1. The second-order valence-corrected chi connectivity index (χ2v) is 4.26. The number of carbonyl (C=O) groups is 1. The van der Waals surface area contributed by atoms with Gasteiger partial charge in [-0.05, 0) is 24.1 Å². The number of aromatic nitrogens is 2. The fraction of sp³-hybridized carbons (Fsp3) is 0.231. The molecule has 0 saturated carbocycles. The highest BCUT2D eigenvalue weighted by Gasteiger charge is 2.25. The van der Waals surface area contributed by atoms with Crippen LogP contribution >= 0.6 is 0 Å². The van der Waals surface area contributed by atoms with Crippen molar-refractivity contribution < 1.29 is 9.72 Å². The van der Waals surface area contributed by atoms with E-state index in [1.165, 1.54) is 11.7 Å². The molecule has 104 valence electrons. The first-order valence-electron chi connectivity index (χ1n) is 6.09. The molecule has 0 spiro atoms. The second kappa shape index (κ2) is 5.52. The Morgan fingerprint density at radius 1 is 1.40 bits per heavy atom. The van der Waals surface area contributed by atoms with Gasteiger partial charge in [0.05, 0.1) is 4.92 Å². The van der Waals surface area contributed by atoms with Crippen molar-refractivity contribution in [1.29, 1.82) is 0 Å². The molecular formula is C13H14N4O3. The maximum atomic E-state index is 12.1. The van der Waals surface area contributed by atoms with E-state index < -0.39 is 10.8 Å². The largest absolute Gasteiger partial charge is 0.320 e. The molecule has 0 radical (unpaired) electrons. The normalized spacial score (nSPS) is 10.3. The van der Waals surface area contributed by atoms with E-state index in [-0.39, 0.29) is 11.4 Å². The average molecular weight is 274 g/mol. The second-order valence-electron chi connectivity index (χ2n) is 4.26. The summed E-state index contributed by atoms with van der Waals surface area (Å²) in [6, 6.07) is 7.32. The first kappa shape index (κ1) is 13.7. The summed E-state index contributed by atoms with van der Waals surface area (Å²) < 4.78 is 1.19. The van der Waals surface area contributed by atoms with E-state index in [2.05, 4.69) is 10.4 Å². The smallest absolute Gasteiger partial charge is 0.320 e. The summed E-state index contributed by atoms with van der Waals surface area (Å²) in [6.45, 7) is 2.03. The Hall–Kier alpha value is -2.70. The van der Waals surface area contributed by atoms with Crippen molar-refractivity contribution in [3.63, 3.8) is 0 Å². The molecule has 20 heavy (non-hydrogen) atoms. The number of rotatable bonds is 4. The highest BCUT2D eigenvalue weighted by molar-refractivity contribution is 6.05. The Morgan fingerprint density at radius 2 is 2.05 bits per heavy atom. The number of nitro groups is 1. The third-order valence-corrected chi connectivity index (χ3v) is 2.95. The number of hydrogen-bond acceptors (Lipinski definition) is 4. The van der Waals surface area contributed by atoms with Gasteiger partial charge in [0.15, 0.2) is 0 Å². The van der Waals surface area contributed by atoms with Crippen molar-refractivity contribution in [2.75, 3.05) is 5.32 Å². The van der Waals surface area contributed by atoms with E-state index in [9.17, 15) is 14.9 Å². The average Bonchev–Trinajstić information content (AvgIpc) is 2.81. The molecule has 0 bridgehead atoms. The lowest BCUT2D eigenvalue weighted by Crippen LogP contribution is -2.17. The number of anilines is 1. The standard InChI is InChI=1S/C13H14N4O3/c1-3-9-4-6-10(7-5-9)15-13(18)12-11(17(19)20)8-14-16(12)2/h4-8H,3H2,1-2H3,(H,15,18). The van der Waals surface area contributed by atoms with Crippen LogP contribution in [-0.4, -0.2) is 20.6 Å². The molecule has 0 saturated heterocycles. The van der Waals surface area contributed by atoms with E-state index in [1.54, 1.807) is 12.1 Å². The lowest BCUT2D eigenvalue weighted by molar-refractivity contribution is -0.385. The van der Waals surface area contributed by atoms with Crippen molar-refractivity contribution in [3.8, 4) is 0 Å². The van der Waals surface area contributed by atoms with E-state index >= 15 is 0 Å². The highest BCUT2D eigenvalue weighted by atomic mass is 16.6. The third kappa shape index (κ3) is 2.66. The van der Waals surface area contributed by atoms with Crippen LogP contribution in [0.25, 0.3) is 0 Å². The number of nitrogens with zero attached hydrogens (tertiary/aromatic N) is 3. The minimum absolute atomic E-state index is 0.0745. The topological polar surface area (TPSA) is 90.1 Å². The van der Waals surface area contributed by atoms with Crippen LogP contribution in [0, 0.1) is 10.1 Å². The monoisotopic (exact) mass is 274 g/mol. The van der Waals surface area contributed by atoms with E-state index in [1.807, 2.05) is 19.1 Å². The molecule has 1 heterocycles. The van der Waals surface area contributed by atoms with Crippen molar-refractivity contribution in [3.05, 3.63) is 51.8 Å². The van der Waals surface area contributed by atoms with Gasteiger partial charge in [0.2, 0.25) is 5.69 Å². The summed E-state index contributed by atoms with van der Waals surface area (Å²) in [6.07, 6.45) is 1.97. The lowest BCUT2D eigenvalue weighted by atomic mass is 10.1.